The van der Waals surface area contributed by atoms with Crippen molar-refractivity contribution in [2.45, 2.75) is 38.4 Å². The summed E-state index contributed by atoms with van der Waals surface area (Å²) in [5.74, 6) is 0.774. The molecule has 22 heavy (non-hydrogen) atoms. The van der Waals surface area contributed by atoms with E-state index >= 15 is 0 Å². The first-order valence-corrected chi connectivity index (χ1v) is 8.16. The topological polar surface area (TPSA) is 76.0 Å². The molecule has 3 rings (SSSR count). The van der Waals surface area contributed by atoms with Crippen molar-refractivity contribution in [3.05, 3.63) is 40.6 Å². The number of nitrogens with zero attached hydrogens (tertiary/aromatic N) is 2. The Morgan fingerprint density at radius 2 is 2.45 bits per heavy atom. The van der Waals surface area contributed by atoms with Crippen molar-refractivity contribution in [3.63, 3.8) is 0 Å². The number of aromatic nitrogens is 2. The fraction of sp³-hybridized carbons (Fsp3) is 0.400. The Bertz CT molecular complexity index is 665. The van der Waals surface area contributed by atoms with Gasteiger partial charge in [0.1, 0.15) is 12.4 Å². The molecule has 0 unspecified atom stereocenters. The van der Waals surface area contributed by atoms with E-state index in [2.05, 4.69) is 15.6 Å². The minimum Gasteiger partial charge on any atom is -0.349 e. The number of carbonyl (C=O) groups is 2. The summed E-state index contributed by atoms with van der Waals surface area (Å²) in [5.41, 5.74) is 1.04. The van der Waals surface area contributed by atoms with Crippen molar-refractivity contribution >= 4 is 23.2 Å². The third-order valence-corrected chi connectivity index (χ3v) is 4.59. The first kappa shape index (κ1) is 14.8. The van der Waals surface area contributed by atoms with Gasteiger partial charge in [0, 0.05) is 18.8 Å². The molecule has 1 aliphatic rings. The average molecular weight is 318 g/mol. The third kappa shape index (κ3) is 3.19. The van der Waals surface area contributed by atoms with Crippen LogP contribution in [0, 0.1) is 6.92 Å². The van der Waals surface area contributed by atoms with E-state index in [0.29, 0.717) is 12.8 Å². The molecule has 0 aliphatic carbocycles. The quantitative estimate of drug-likeness (QED) is 0.894. The lowest BCUT2D eigenvalue weighted by Crippen LogP contribution is -2.50. The zero-order valence-corrected chi connectivity index (χ0v) is 13.1. The SMILES string of the molecule is Cc1nccn1CC(=O)N[C@@H]1CCC(=O)N[C@H]1c1ccsc1. The molecule has 2 atom stereocenters. The number of imidazole rings is 1. The van der Waals surface area contributed by atoms with Crippen LogP contribution in [0.2, 0.25) is 0 Å². The maximum Gasteiger partial charge on any atom is 0.240 e. The smallest absolute Gasteiger partial charge is 0.240 e. The second-order valence-electron chi connectivity index (χ2n) is 5.42. The van der Waals surface area contributed by atoms with Crippen LogP contribution in [0.3, 0.4) is 0 Å². The van der Waals surface area contributed by atoms with Gasteiger partial charge in [0.15, 0.2) is 0 Å². The lowest BCUT2D eigenvalue weighted by Gasteiger charge is -2.32. The molecular weight excluding hydrogens is 300 g/mol. The number of hydrogen-bond acceptors (Lipinski definition) is 4. The van der Waals surface area contributed by atoms with Gasteiger partial charge in [-0.3, -0.25) is 9.59 Å². The van der Waals surface area contributed by atoms with Crippen molar-refractivity contribution < 1.29 is 9.59 Å². The van der Waals surface area contributed by atoms with Gasteiger partial charge >= 0.3 is 0 Å². The molecule has 6 nitrogen and oxygen atoms in total. The van der Waals surface area contributed by atoms with Gasteiger partial charge in [-0.05, 0) is 35.7 Å². The standard InChI is InChI=1S/C15H18N4O2S/c1-10-16-5-6-19(10)8-14(21)17-12-2-3-13(20)18-15(12)11-4-7-22-9-11/h4-7,9,12,15H,2-3,8H2,1H3,(H,17,21)(H,18,20)/t12-,15+/m1/s1. The van der Waals surface area contributed by atoms with Crippen LogP contribution < -0.4 is 10.6 Å². The maximum absolute atomic E-state index is 12.3. The first-order chi connectivity index (χ1) is 10.6. The van der Waals surface area contributed by atoms with Crippen molar-refractivity contribution in [2.24, 2.45) is 0 Å². The molecule has 0 saturated carbocycles. The second kappa shape index (κ2) is 6.31. The molecule has 3 heterocycles. The predicted octanol–water partition coefficient (Wildman–Crippen LogP) is 1.39. The van der Waals surface area contributed by atoms with E-state index in [1.165, 1.54) is 0 Å². The molecule has 7 heteroatoms. The van der Waals surface area contributed by atoms with Gasteiger partial charge in [-0.25, -0.2) is 4.98 Å². The van der Waals surface area contributed by atoms with Gasteiger partial charge in [-0.2, -0.15) is 11.3 Å². The van der Waals surface area contributed by atoms with E-state index in [1.807, 2.05) is 23.8 Å². The maximum atomic E-state index is 12.3. The highest BCUT2D eigenvalue weighted by Gasteiger charge is 2.31. The van der Waals surface area contributed by atoms with E-state index < -0.39 is 0 Å². The van der Waals surface area contributed by atoms with E-state index in [1.54, 1.807) is 28.3 Å². The molecule has 0 radical (unpaired) electrons. The lowest BCUT2D eigenvalue weighted by atomic mass is 9.93. The van der Waals surface area contributed by atoms with E-state index in [-0.39, 0.29) is 30.4 Å². The number of amides is 2. The molecule has 2 aromatic heterocycles. The highest BCUT2D eigenvalue weighted by Crippen LogP contribution is 2.25. The monoisotopic (exact) mass is 318 g/mol. The van der Waals surface area contributed by atoms with E-state index in [0.717, 1.165) is 11.4 Å². The Balaban J connectivity index is 1.68. The molecule has 2 aromatic rings. The number of piperidine rings is 1. The van der Waals surface area contributed by atoms with E-state index in [9.17, 15) is 9.59 Å². The van der Waals surface area contributed by atoms with Crippen LogP contribution in [0.25, 0.3) is 0 Å². The van der Waals surface area contributed by atoms with Crippen LogP contribution in [-0.4, -0.2) is 27.4 Å². The summed E-state index contributed by atoms with van der Waals surface area (Å²) >= 11 is 1.58. The van der Waals surface area contributed by atoms with Crippen molar-refractivity contribution in [2.75, 3.05) is 0 Å². The van der Waals surface area contributed by atoms with E-state index in [4.69, 9.17) is 0 Å². The van der Waals surface area contributed by atoms with Crippen LogP contribution in [0.4, 0.5) is 0 Å². The highest BCUT2D eigenvalue weighted by atomic mass is 32.1. The van der Waals surface area contributed by atoms with Crippen molar-refractivity contribution in [3.8, 4) is 0 Å². The van der Waals surface area contributed by atoms with Gasteiger partial charge < -0.3 is 15.2 Å². The van der Waals surface area contributed by atoms with Crippen LogP contribution in [0.5, 0.6) is 0 Å². The summed E-state index contributed by atoms with van der Waals surface area (Å²) in [7, 11) is 0. The Morgan fingerprint density at radius 3 is 3.14 bits per heavy atom. The molecule has 1 aliphatic heterocycles. The largest absolute Gasteiger partial charge is 0.349 e. The molecular formula is C15H18N4O2S. The zero-order chi connectivity index (χ0) is 15.5. The Morgan fingerprint density at radius 1 is 1.59 bits per heavy atom. The average Bonchev–Trinajstić information content (AvgIpc) is 3.14. The van der Waals surface area contributed by atoms with Crippen LogP contribution in [0.15, 0.2) is 29.2 Å². The number of rotatable bonds is 4. The molecule has 0 aromatic carbocycles. The predicted molar refractivity (Wildman–Crippen MR) is 83.3 cm³/mol. The first-order valence-electron chi connectivity index (χ1n) is 7.22. The second-order valence-corrected chi connectivity index (χ2v) is 6.20. The number of nitrogens with one attached hydrogen (secondary N) is 2. The number of hydrogen-bond donors (Lipinski definition) is 2. The molecule has 1 saturated heterocycles. The summed E-state index contributed by atoms with van der Waals surface area (Å²) in [6.07, 6.45) is 4.56. The summed E-state index contributed by atoms with van der Waals surface area (Å²) in [4.78, 5) is 28.0. The molecule has 0 bridgehead atoms. The normalized spacial score (nSPS) is 21.4. The molecule has 0 spiro atoms. The number of aryl methyl sites for hydroxylation is 1. The van der Waals surface area contributed by atoms with Crippen LogP contribution in [0.1, 0.15) is 30.3 Å². The minimum atomic E-state index is -0.152. The molecule has 2 N–H and O–H groups in total. The van der Waals surface area contributed by atoms with Gasteiger partial charge in [-0.15, -0.1) is 0 Å². The number of thiophene rings is 1. The Kier molecular flexibility index (Phi) is 4.24. The molecule has 116 valence electrons. The zero-order valence-electron chi connectivity index (χ0n) is 12.3. The molecule has 2 amide bonds. The van der Waals surface area contributed by atoms with Crippen molar-refractivity contribution in [1.29, 1.82) is 0 Å². The van der Waals surface area contributed by atoms with Gasteiger partial charge in [0.05, 0.1) is 12.1 Å². The Hall–Kier alpha value is -2.15. The molecule has 1 fully saturated rings. The van der Waals surface area contributed by atoms with Gasteiger partial charge in [-0.1, -0.05) is 0 Å². The summed E-state index contributed by atoms with van der Waals surface area (Å²) < 4.78 is 1.80. The van der Waals surface area contributed by atoms with Crippen LogP contribution in [-0.2, 0) is 16.1 Å². The van der Waals surface area contributed by atoms with Gasteiger partial charge in [0.2, 0.25) is 11.8 Å². The third-order valence-electron chi connectivity index (χ3n) is 3.89. The minimum absolute atomic E-state index is 0.0344. The van der Waals surface area contributed by atoms with Crippen molar-refractivity contribution in [1.82, 2.24) is 20.2 Å². The Labute approximate surface area is 132 Å². The number of carbonyl (C=O) groups excluding carboxylic acids is 2. The van der Waals surface area contributed by atoms with Gasteiger partial charge in [0.25, 0.3) is 0 Å². The van der Waals surface area contributed by atoms with Crippen LogP contribution >= 0.6 is 11.3 Å². The summed E-state index contributed by atoms with van der Waals surface area (Å²) in [6.45, 7) is 2.11. The summed E-state index contributed by atoms with van der Waals surface area (Å²) in [6, 6.07) is 1.75. The lowest BCUT2D eigenvalue weighted by molar-refractivity contribution is -0.127. The fourth-order valence-corrected chi connectivity index (χ4v) is 3.40. The summed E-state index contributed by atoms with van der Waals surface area (Å²) in [5, 5.41) is 10.0. The highest BCUT2D eigenvalue weighted by molar-refractivity contribution is 7.08. The fourth-order valence-electron chi connectivity index (χ4n) is 2.70.